The van der Waals surface area contributed by atoms with Crippen molar-refractivity contribution in [3.8, 4) is 0 Å². The van der Waals surface area contributed by atoms with Crippen molar-refractivity contribution in [3.05, 3.63) is 29.6 Å². The fourth-order valence-corrected chi connectivity index (χ4v) is 1.67. The van der Waals surface area contributed by atoms with Crippen LogP contribution in [-0.2, 0) is 4.74 Å². The van der Waals surface area contributed by atoms with Crippen LogP contribution in [0.2, 0.25) is 0 Å². The van der Waals surface area contributed by atoms with Gasteiger partial charge in [-0.05, 0) is 12.5 Å². The molecule has 0 aliphatic carbocycles. The minimum Gasteiger partial charge on any atom is -0.381 e. The van der Waals surface area contributed by atoms with Crippen LogP contribution >= 0.6 is 0 Å². The predicted molar refractivity (Wildman–Crippen MR) is 55.4 cm³/mol. The summed E-state index contributed by atoms with van der Waals surface area (Å²) in [5, 5.41) is 2.56. The SMILES string of the molecule is O=C(NCC1CCOC1)c1ccnc(F)c1F. The van der Waals surface area contributed by atoms with Gasteiger partial charge in [0.1, 0.15) is 0 Å². The third-order valence-electron chi connectivity index (χ3n) is 2.67. The number of carbonyl (C=O) groups excluding carboxylic acids is 1. The van der Waals surface area contributed by atoms with E-state index in [1.807, 2.05) is 0 Å². The highest BCUT2D eigenvalue weighted by Gasteiger charge is 2.19. The van der Waals surface area contributed by atoms with E-state index in [2.05, 4.69) is 10.3 Å². The molecule has 2 heterocycles. The molecule has 6 heteroatoms. The molecule has 1 N–H and O–H groups in total. The molecular weight excluding hydrogens is 230 g/mol. The zero-order chi connectivity index (χ0) is 12.3. The zero-order valence-corrected chi connectivity index (χ0v) is 9.08. The van der Waals surface area contributed by atoms with Gasteiger partial charge >= 0.3 is 0 Å². The highest BCUT2D eigenvalue weighted by molar-refractivity contribution is 5.94. The molecular formula is C11H12F2N2O2. The van der Waals surface area contributed by atoms with Gasteiger partial charge < -0.3 is 10.1 Å². The second-order valence-corrected chi connectivity index (χ2v) is 3.90. The zero-order valence-electron chi connectivity index (χ0n) is 9.08. The molecule has 17 heavy (non-hydrogen) atoms. The van der Waals surface area contributed by atoms with E-state index >= 15 is 0 Å². The normalized spacial score (nSPS) is 19.3. The number of hydrogen-bond acceptors (Lipinski definition) is 3. The van der Waals surface area contributed by atoms with Crippen LogP contribution in [0.15, 0.2) is 12.3 Å². The number of carbonyl (C=O) groups is 1. The van der Waals surface area contributed by atoms with Crippen molar-refractivity contribution >= 4 is 5.91 Å². The van der Waals surface area contributed by atoms with E-state index in [-0.39, 0.29) is 11.5 Å². The molecule has 0 radical (unpaired) electrons. The van der Waals surface area contributed by atoms with Gasteiger partial charge in [0.2, 0.25) is 5.95 Å². The lowest BCUT2D eigenvalue weighted by Crippen LogP contribution is -2.30. The molecule has 1 aliphatic rings. The third-order valence-corrected chi connectivity index (χ3v) is 2.67. The van der Waals surface area contributed by atoms with Gasteiger partial charge in [-0.25, -0.2) is 9.37 Å². The van der Waals surface area contributed by atoms with Crippen LogP contribution in [-0.4, -0.2) is 30.6 Å². The minimum absolute atomic E-state index is 0.244. The first kappa shape index (κ1) is 11.9. The van der Waals surface area contributed by atoms with Gasteiger partial charge in [0.15, 0.2) is 5.82 Å². The average molecular weight is 242 g/mol. The van der Waals surface area contributed by atoms with E-state index < -0.39 is 17.7 Å². The maximum Gasteiger partial charge on any atom is 0.254 e. The Morgan fingerprint density at radius 2 is 2.41 bits per heavy atom. The van der Waals surface area contributed by atoms with E-state index in [1.54, 1.807) is 0 Å². The third kappa shape index (κ3) is 2.76. The molecule has 1 amide bonds. The summed E-state index contributed by atoms with van der Waals surface area (Å²) in [5.41, 5.74) is -0.323. The smallest absolute Gasteiger partial charge is 0.254 e. The summed E-state index contributed by atoms with van der Waals surface area (Å²) in [6.07, 6.45) is 1.93. The molecule has 0 spiro atoms. The molecule has 0 bridgehead atoms. The van der Waals surface area contributed by atoms with E-state index in [4.69, 9.17) is 4.74 Å². The monoisotopic (exact) mass is 242 g/mol. The number of aromatic nitrogens is 1. The van der Waals surface area contributed by atoms with Crippen LogP contribution in [0.5, 0.6) is 0 Å². The quantitative estimate of drug-likeness (QED) is 0.808. The van der Waals surface area contributed by atoms with Crippen LogP contribution in [0.25, 0.3) is 0 Å². The standard InChI is InChI=1S/C11H12F2N2O2/c12-9-8(1-3-14-10(9)13)11(16)15-5-7-2-4-17-6-7/h1,3,7H,2,4-6H2,(H,15,16). The Morgan fingerprint density at radius 1 is 1.59 bits per heavy atom. The van der Waals surface area contributed by atoms with Gasteiger partial charge in [0.25, 0.3) is 5.91 Å². The number of ether oxygens (including phenoxy) is 1. The summed E-state index contributed by atoms with van der Waals surface area (Å²) in [7, 11) is 0. The molecule has 1 unspecified atom stereocenters. The van der Waals surface area contributed by atoms with Crippen LogP contribution in [0.4, 0.5) is 8.78 Å². The molecule has 1 aromatic rings. The fourth-order valence-electron chi connectivity index (χ4n) is 1.67. The topological polar surface area (TPSA) is 51.2 Å². The van der Waals surface area contributed by atoms with E-state index in [1.165, 1.54) is 0 Å². The fraction of sp³-hybridized carbons (Fsp3) is 0.455. The van der Waals surface area contributed by atoms with Crippen molar-refractivity contribution in [2.45, 2.75) is 6.42 Å². The van der Waals surface area contributed by atoms with E-state index in [0.29, 0.717) is 19.8 Å². The largest absolute Gasteiger partial charge is 0.381 e. The summed E-state index contributed by atoms with van der Waals surface area (Å²) in [6, 6.07) is 1.15. The molecule has 1 aromatic heterocycles. The number of nitrogens with one attached hydrogen (secondary N) is 1. The Morgan fingerprint density at radius 3 is 3.12 bits per heavy atom. The summed E-state index contributed by atoms with van der Waals surface area (Å²) in [4.78, 5) is 14.7. The number of pyridine rings is 1. The maximum absolute atomic E-state index is 13.2. The first-order valence-corrected chi connectivity index (χ1v) is 5.34. The van der Waals surface area contributed by atoms with Crippen LogP contribution in [0, 0.1) is 17.7 Å². The molecule has 1 atom stereocenters. The molecule has 0 saturated carbocycles. The summed E-state index contributed by atoms with van der Waals surface area (Å²) >= 11 is 0. The van der Waals surface area contributed by atoms with Crippen LogP contribution in [0.3, 0.4) is 0 Å². The van der Waals surface area contributed by atoms with Crippen molar-refractivity contribution in [1.29, 1.82) is 0 Å². The van der Waals surface area contributed by atoms with E-state index in [0.717, 1.165) is 18.7 Å². The second kappa shape index (κ2) is 5.18. The maximum atomic E-state index is 13.2. The highest BCUT2D eigenvalue weighted by atomic mass is 19.2. The van der Waals surface area contributed by atoms with Gasteiger partial charge in [0, 0.05) is 25.3 Å². The lowest BCUT2D eigenvalue weighted by atomic mass is 10.1. The van der Waals surface area contributed by atoms with Crippen molar-refractivity contribution in [2.75, 3.05) is 19.8 Å². The molecule has 1 fully saturated rings. The molecule has 2 rings (SSSR count). The van der Waals surface area contributed by atoms with Crippen LogP contribution < -0.4 is 5.32 Å². The van der Waals surface area contributed by atoms with Crippen molar-refractivity contribution in [3.63, 3.8) is 0 Å². The summed E-state index contributed by atoms with van der Waals surface area (Å²) in [6.45, 7) is 1.68. The first-order chi connectivity index (χ1) is 8.18. The van der Waals surface area contributed by atoms with Gasteiger partial charge in [-0.15, -0.1) is 0 Å². The number of amides is 1. The van der Waals surface area contributed by atoms with Crippen molar-refractivity contribution in [1.82, 2.24) is 10.3 Å². The summed E-state index contributed by atoms with van der Waals surface area (Å²) in [5.74, 6) is -2.86. The lowest BCUT2D eigenvalue weighted by molar-refractivity contribution is 0.0939. The molecule has 92 valence electrons. The Bertz CT molecular complexity index is 420. The number of halogens is 2. The Labute approximate surface area is 97.0 Å². The molecule has 1 saturated heterocycles. The second-order valence-electron chi connectivity index (χ2n) is 3.90. The van der Waals surface area contributed by atoms with Crippen LogP contribution in [0.1, 0.15) is 16.8 Å². The average Bonchev–Trinajstić information content (AvgIpc) is 2.82. The van der Waals surface area contributed by atoms with Crippen molar-refractivity contribution in [2.24, 2.45) is 5.92 Å². The Hall–Kier alpha value is -1.56. The summed E-state index contributed by atoms with van der Waals surface area (Å²) < 4.78 is 31.2. The lowest BCUT2D eigenvalue weighted by Gasteiger charge is -2.09. The van der Waals surface area contributed by atoms with E-state index in [9.17, 15) is 13.6 Å². The first-order valence-electron chi connectivity index (χ1n) is 5.34. The number of rotatable bonds is 3. The highest BCUT2D eigenvalue weighted by Crippen LogP contribution is 2.12. The van der Waals surface area contributed by atoms with Gasteiger partial charge in [-0.2, -0.15) is 4.39 Å². The molecule has 1 aliphatic heterocycles. The minimum atomic E-state index is -1.26. The molecule has 0 aromatic carbocycles. The van der Waals surface area contributed by atoms with Crippen molar-refractivity contribution < 1.29 is 18.3 Å². The number of nitrogens with zero attached hydrogens (tertiary/aromatic N) is 1. The Balaban J connectivity index is 1.97. The number of hydrogen-bond donors (Lipinski definition) is 1. The Kier molecular flexibility index (Phi) is 3.63. The predicted octanol–water partition coefficient (Wildman–Crippen LogP) is 1.13. The van der Waals surface area contributed by atoms with Gasteiger partial charge in [-0.1, -0.05) is 0 Å². The molecule has 4 nitrogen and oxygen atoms in total. The van der Waals surface area contributed by atoms with Gasteiger partial charge in [-0.3, -0.25) is 4.79 Å². The van der Waals surface area contributed by atoms with Gasteiger partial charge in [0.05, 0.1) is 12.2 Å².